The number of carboxylic acid groups (broad SMARTS) is 1. The van der Waals surface area contributed by atoms with E-state index >= 15 is 0 Å². The fourth-order valence-corrected chi connectivity index (χ4v) is 3.52. The van der Waals surface area contributed by atoms with Gasteiger partial charge in [0.05, 0.1) is 32.2 Å². The lowest BCUT2D eigenvalue weighted by molar-refractivity contribution is -0.0382. The van der Waals surface area contributed by atoms with Gasteiger partial charge in [0.25, 0.3) is 0 Å². The molecule has 13 heteroatoms. The van der Waals surface area contributed by atoms with Gasteiger partial charge in [0.1, 0.15) is 12.4 Å². The zero-order valence-electron chi connectivity index (χ0n) is 19.0. The number of nitrogens with zero attached hydrogens (tertiary/aromatic N) is 4. The van der Waals surface area contributed by atoms with Crippen LogP contribution in [0.2, 0.25) is 0 Å². The highest BCUT2D eigenvalue weighted by molar-refractivity contribution is 5.86. The summed E-state index contributed by atoms with van der Waals surface area (Å²) in [6, 6.07) is 2.46. The Morgan fingerprint density at radius 3 is 2.43 bits per heavy atom. The Labute approximate surface area is 198 Å². The van der Waals surface area contributed by atoms with E-state index in [1.54, 1.807) is 0 Å². The number of nitrogens with one attached hydrogen (secondary N) is 1. The van der Waals surface area contributed by atoms with Crippen molar-refractivity contribution in [3.63, 3.8) is 0 Å². The van der Waals surface area contributed by atoms with Crippen LogP contribution in [0.3, 0.4) is 0 Å². The zero-order valence-corrected chi connectivity index (χ0v) is 19.0. The summed E-state index contributed by atoms with van der Waals surface area (Å²) in [5.74, 6) is -2.74. The maximum absolute atomic E-state index is 14.5. The van der Waals surface area contributed by atoms with Crippen molar-refractivity contribution in [1.29, 1.82) is 0 Å². The van der Waals surface area contributed by atoms with Gasteiger partial charge < -0.3 is 29.4 Å². The summed E-state index contributed by atoms with van der Waals surface area (Å²) in [5.41, 5.74) is -0.527. The molecule has 11 nitrogen and oxygen atoms in total. The molecule has 1 atom stereocenters. The number of rotatable bonds is 9. The first-order valence-corrected chi connectivity index (χ1v) is 10.7. The fraction of sp³-hybridized carbons (Fsp3) is 0.364. The second-order valence-electron chi connectivity index (χ2n) is 7.53. The number of aromatic nitrogens is 4. The highest BCUT2D eigenvalue weighted by atomic mass is 19.1. The molecule has 3 aromatic rings. The minimum Gasteiger partial charge on any atom is -0.494 e. The third-order valence-corrected chi connectivity index (χ3v) is 5.30. The molecule has 0 spiro atoms. The van der Waals surface area contributed by atoms with Gasteiger partial charge in [-0.2, -0.15) is 5.10 Å². The summed E-state index contributed by atoms with van der Waals surface area (Å²) in [6.07, 6.45) is 4.73. The molecule has 186 valence electrons. The zero-order chi connectivity index (χ0) is 24.9. The third kappa shape index (κ3) is 5.24. The van der Waals surface area contributed by atoms with E-state index in [4.69, 9.17) is 18.9 Å². The van der Waals surface area contributed by atoms with Crippen LogP contribution in [0.4, 0.5) is 20.5 Å². The Bertz CT molecular complexity index is 1170. The van der Waals surface area contributed by atoms with Crippen molar-refractivity contribution in [2.45, 2.75) is 32.1 Å². The number of carbonyl (C=O) groups is 1. The molecule has 2 aromatic heterocycles. The smallest absolute Gasteiger partial charge is 0.356 e. The Kier molecular flexibility index (Phi) is 7.25. The average molecular weight is 491 g/mol. The van der Waals surface area contributed by atoms with Crippen molar-refractivity contribution in [2.24, 2.45) is 0 Å². The van der Waals surface area contributed by atoms with Crippen LogP contribution in [0.1, 0.15) is 41.5 Å². The Balaban J connectivity index is 1.48. The molecule has 4 rings (SSSR count). The molecule has 0 radical (unpaired) electrons. The van der Waals surface area contributed by atoms with E-state index < -0.39 is 30.4 Å². The van der Waals surface area contributed by atoms with Crippen molar-refractivity contribution < 1.29 is 37.6 Å². The monoisotopic (exact) mass is 491 g/mol. The first kappa shape index (κ1) is 24.1. The van der Waals surface area contributed by atoms with Gasteiger partial charge in [-0.1, -0.05) is 0 Å². The van der Waals surface area contributed by atoms with Gasteiger partial charge >= 0.3 is 5.97 Å². The molecule has 0 amide bonds. The Morgan fingerprint density at radius 1 is 1.17 bits per heavy atom. The molecule has 1 aliphatic heterocycles. The first-order chi connectivity index (χ1) is 16.9. The molecular formula is C22H23F2N5O6. The summed E-state index contributed by atoms with van der Waals surface area (Å²) in [6.45, 7) is 0.0877. The number of hydrogen-bond donors (Lipinski definition) is 2. The molecule has 3 heterocycles. The van der Waals surface area contributed by atoms with Crippen molar-refractivity contribution >= 4 is 17.7 Å². The van der Waals surface area contributed by atoms with Crippen molar-refractivity contribution in [3.8, 4) is 17.2 Å². The van der Waals surface area contributed by atoms with Crippen molar-refractivity contribution in [1.82, 2.24) is 19.7 Å². The van der Waals surface area contributed by atoms with Gasteiger partial charge in [-0.3, -0.25) is 0 Å². The number of carboxylic acids is 1. The summed E-state index contributed by atoms with van der Waals surface area (Å²) in [4.78, 5) is 19.7. The van der Waals surface area contributed by atoms with Gasteiger partial charge in [0, 0.05) is 18.7 Å². The quantitative estimate of drug-likeness (QED) is 0.457. The topological polar surface area (TPSA) is 130 Å². The Morgan fingerprint density at radius 2 is 1.86 bits per heavy atom. The second kappa shape index (κ2) is 10.5. The van der Waals surface area contributed by atoms with Gasteiger partial charge in [-0.05, 0) is 19.3 Å². The van der Waals surface area contributed by atoms with E-state index in [1.165, 1.54) is 37.4 Å². The van der Waals surface area contributed by atoms with Crippen LogP contribution in [0.5, 0.6) is 17.2 Å². The van der Waals surface area contributed by atoms with Crippen LogP contribution in [-0.2, 0) is 11.3 Å². The van der Waals surface area contributed by atoms with E-state index in [9.17, 15) is 18.7 Å². The average Bonchev–Trinajstić information content (AvgIpc) is 3.30. The summed E-state index contributed by atoms with van der Waals surface area (Å²) in [5, 5.41) is 16.4. The van der Waals surface area contributed by atoms with Crippen LogP contribution < -0.4 is 19.5 Å². The predicted octanol–water partition coefficient (Wildman–Crippen LogP) is 3.69. The normalized spacial score (nSPS) is 15.5. The number of ether oxygens (including phenoxy) is 4. The fourth-order valence-electron chi connectivity index (χ4n) is 3.52. The standard InChI is InChI=1S/C22H23F2N5O6/c1-32-15-8-16(33-2)20(24)13(19(15)23)11-35-12-9-25-22(26-10-12)27-17-7-14(21(30)31)28-29(17)18-5-3-4-6-34-18/h7-10,18H,3-6,11H2,1-2H3,(H,30,31)(H,25,26,27). The van der Waals surface area contributed by atoms with E-state index in [1.807, 2.05) is 0 Å². The number of aromatic carboxylic acids is 1. The van der Waals surface area contributed by atoms with Gasteiger partial charge in [0.2, 0.25) is 5.95 Å². The van der Waals surface area contributed by atoms with Gasteiger partial charge in [0.15, 0.2) is 40.8 Å². The SMILES string of the molecule is COc1cc(OC)c(F)c(COc2cnc(Nc3cc(C(=O)O)nn3C3CCCCO3)nc2)c1F. The number of anilines is 2. The molecule has 35 heavy (non-hydrogen) atoms. The number of methoxy groups -OCH3 is 2. The first-order valence-electron chi connectivity index (χ1n) is 10.7. The highest BCUT2D eigenvalue weighted by Crippen LogP contribution is 2.32. The molecule has 1 aromatic carbocycles. The lowest BCUT2D eigenvalue weighted by Crippen LogP contribution is -2.21. The van der Waals surface area contributed by atoms with Crippen LogP contribution in [0.15, 0.2) is 24.5 Å². The van der Waals surface area contributed by atoms with E-state index in [2.05, 4.69) is 20.4 Å². The van der Waals surface area contributed by atoms with E-state index in [-0.39, 0.29) is 34.5 Å². The molecule has 1 unspecified atom stereocenters. The second-order valence-corrected chi connectivity index (χ2v) is 7.53. The summed E-state index contributed by atoms with van der Waals surface area (Å²) in [7, 11) is 2.51. The van der Waals surface area contributed by atoms with Crippen molar-refractivity contribution in [3.05, 3.63) is 47.4 Å². The van der Waals surface area contributed by atoms with Crippen molar-refractivity contribution in [2.75, 3.05) is 26.1 Å². The molecule has 0 saturated carbocycles. The molecule has 1 fully saturated rings. The van der Waals surface area contributed by atoms with Crippen LogP contribution in [-0.4, -0.2) is 51.7 Å². The number of benzene rings is 1. The van der Waals surface area contributed by atoms with Gasteiger partial charge in [-0.25, -0.2) is 28.2 Å². The summed E-state index contributed by atoms with van der Waals surface area (Å²) >= 11 is 0. The summed E-state index contributed by atoms with van der Waals surface area (Å²) < 4.78 is 51.5. The lowest BCUT2D eigenvalue weighted by atomic mass is 10.1. The van der Waals surface area contributed by atoms with E-state index in [0.29, 0.717) is 18.8 Å². The van der Waals surface area contributed by atoms with Gasteiger partial charge in [-0.15, -0.1) is 0 Å². The minimum absolute atomic E-state index is 0.131. The molecular weight excluding hydrogens is 468 g/mol. The lowest BCUT2D eigenvalue weighted by Gasteiger charge is -2.24. The van der Waals surface area contributed by atoms with Crippen LogP contribution >= 0.6 is 0 Å². The largest absolute Gasteiger partial charge is 0.494 e. The van der Waals surface area contributed by atoms with E-state index in [0.717, 1.165) is 18.9 Å². The van der Waals surface area contributed by atoms with Crippen LogP contribution in [0.25, 0.3) is 0 Å². The predicted molar refractivity (Wildman–Crippen MR) is 117 cm³/mol. The molecule has 0 bridgehead atoms. The third-order valence-electron chi connectivity index (χ3n) is 5.30. The van der Waals surface area contributed by atoms with Crippen LogP contribution in [0, 0.1) is 11.6 Å². The highest BCUT2D eigenvalue weighted by Gasteiger charge is 2.23. The number of halogens is 2. The molecule has 1 saturated heterocycles. The minimum atomic E-state index is -1.18. The Hall–Kier alpha value is -4.00. The molecule has 0 aliphatic carbocycles. The molecule has 2 N–H and O–H groups in total. The number of hydrogen-bond acceptors (Lipinski definition) is 9. The maximum atomic E-state index is 14.5. The maximum Gasteiger partial charge on any atom is 0.356 e. The molecule has 1 aliphatic rings.